The van der Waals surface area contributed by atoms with Gasteiger partial charge in [0.2, 0.25) is 5.91 Å². The van der Waals surface area contributed by atoms with Gasteiger partial charge >= 0.3 is 6.03 Å². The average molecular weight is 507 g/mol. The molecule has 8 nitrogen and oxygen atoms in total. The summed E-state index contributed by atoms with van der Waals surface area (Å²) in [5.74, 6) is -1.70. The molecule has 1 aromatic heterocycles. The quantitative estimate of drug-likeness (QED) is 0.298. The highest BCUT2D eigenvalue weighted by atomic mass is 16.2. The number of benzene rings is 3. The Morgan fingerprint density at radius 3 is 2.29 bits per heavy atom. The molecule has 1 fully saturated rings. The minimum absolute atomic E-state index is 0.0326. The van der Waals surface area contributed by atoms with Crippen molar-refractivity contribution in [3.05, 3.63) is 101 Å². The van der Waals surface area contributed by atoms with Gasteiger partial charge in [-0.25, -0.2) is 9.69 Å². The lowest BCUT2D eigenvalue weighted by molar-refractivity contribution is -0.122. The van der Waals surface area contributed by atoms with Crippen molar-refractivity contribution in [1.82, 2.24) is 9.88 Å². The van der Waals surface area contributed by atoms with E-state index in [4.69, 9.17) is 0 Å². The van der Waals surface area contributed by atoms with Crippen LogP contribution < -0.4 is 15.5 Å². The summed E-state index contributed by atoms with van der Waals surface area (Å²) in [4.78, 5) is 52.6. The highest BCUT2D eigenvalue weighted by Crippen LogP contribution is 2.27. The summed E-state index contributed by atoms with van der Waals surface area (Å²) in [6.45, 7) is 5.75. The molecule has 2 heterocycles. The number of imide groups is 2. The van der Waals surface area contributed by atoms with Crippen molar-refractivity contribution in [1.29, 1.82) is 0 Å². The topological polar surface area (TPSA) is 101 Å². The van der Waals surface area contributed by atoms with Gasteiger partial charge in [0, 0.05) is 28.4 Å². The van der Waals surface area contributed by atoms with Crippen molar-refractivity contribution in [3.63, 3.8) is 0 Å². The lowest BCUT2D eigenvalue weighted by Crippen LogP contribution is -2.54. The van der Waals surface area contributed by atoms with E-state index in [1.807, 2.05) is 75.4 Å². The summed E-state index contributed by atoms with van der Waals surface area (Å²) >= 11 is 0. The first kappa shape index (κ1) is 24.7. The molecule has 8 heteroatoms. The van der Waals surface area contributed by atoms with Crippen molar-refractivity contribution in [2.75, 3.05) is 10.2 Å². The van der Waals surface area contributed by atoms with Crippen LogP contribution in [-0.4, -0.2) is 28.3 Å². The van der Waals surface area contributed by atoms with Gasteiger partial charge in [-0.3, -0.25) is 19.7 Å². The number of amides is 5. The summed E-state index contributed by atoms with van der Waals surface area (Å²) in [5, 5.41) is 5.92. The Morgan fingerprint density at radius 2 is 1.58 bits per heavy atom. The standard InChI is InChI=1S/C30H26N4O4/c1-18-8-10-22(11-9-18)31-27(35)17-33-16-21(24-6-4-5-7-26(24)33)15-25-28(36)32-30(38)34(29(25)37)23-13-19(2)12-20(3)14-23/h4-16H,17H2,1-3H3,(H,31,35)(H,32,36,38)/b25-15+. The van der Waals surface area contributed by atoms with Crippen LogP contribution in [0.2, 0.25) is 0 Å². The summed E-state index contributed by atoms with van der Waals surface area (Å²) in [5.41, 5.74) is 5.12. The van der Waals surface area contributed by atoms with Crippen LogP contribution in [-0.2, 0) is 20.9 Å². The van der Waals surface area contributed by atoms with Crippen LogP contribution >= 0.6 is 0 Å². The lowest BCUT2D eigenvalue weighted by atomic mass is 10.0. The summed E-state index contributed by atoms with van der Waals surface area (Å²) in [6.07, 6.45) is 3.20. The molecule has 190 valence electrons. The second-order valence-corrected chi connectivity index (χ2v) is 9.45. The summed E-state index contributed by atoms with van der Waals surface area (Å²) < 4.78 is 1.77. The number of hydrogen-bond acceptors (Lipinski definition) is 4. The molecule has 0 aliphatic carbocycles. The second-order valence-electron chi connectivity index (χ2n) is 9.45. The zero-order chi connectivity index (χ0) is 27.0. The van der Waals surface area contributed by atoms with Crippen molar-refractivity contribution in [2.24, 2.45) is 0 Å². The fourth-order valence-electron chi connectivity index (χ4n) is 4.64. The number of urea groups is 1. The normalized spacial score (nSPS) is 14.8. The van der Waals surface area contributed by atoms with Crippen LogP contribution in [0.5, 0.6) is 0 Å². The first-order chi connectivity index (χ1) is 18.2. The fourth-order valence-corrected chi connectivity index (χ4v) is 4.64. The second kappa shape index (κ2) is 9.82. The maximum atomic E-state index is 13.4. The molecule has 0 atom stereocenters. The fraction of sp³-hybridized carbons (Fsp3) is 0.133. The molecule has 1 aliphatic heterocycles. The molecule has 5 amide bonds. The molecule has 2 N–H and O–H groups in total. The largest absolute Gasteiger partial charge is 0.337 e. The predicted octanol–water partition coefficient (Wildman–Crippen LogP) is 4.87. The van der Waals surface area contributed by atoms with E-state index in [2.05, 4.69) is 10.6 Å². The number of fused-ring (bicyclic) bond motifs is 1. The van der Waals surface area contributed by atoms with Crippen molar-refractivity contribution < 1.29 is 19.2 Å². The molecule has 38 heavy (non-hydrogen) atoms. The SMILES string of the molecule is Cc1ccc(NC(=O)Cn2cc(/C=C3\C(=O)NC(=O)N(c4cc(C)cc(C)c4)C3=O)c3ccccc32)cc1. The van der Waals surface area contributed by atoms with Crippen LogP contribution in [0.15, 0.2) is 78.5 Å². The van der Waals surface area contributed by atoms with E-state index in [1.165, 1.54) is 6.08 Å². The molecule has 0 radical (unpaired) electrons. The Hall–Kier alpha value is -4.98. The van der Waals surface area contributed by atoms with E-state index < -0.39 is 17.8 Å². The molecule has 0 unspecified atom stereocenters. The number of barbiturate groups is 1. The number of carbonyl (C=O) groups excluding carboxylic acids is 4. The van der Waals surface area contributed by atoms with Gasteiger partial charge in [-0.1, -0.05) is 42.0 Å². The van der Waals surface area contributed by atoms with Gasteiger partial charge in [-0.15, -0.1) is 0 Å². The zero-order valence-electron chi connectivity index (χ0n) is 21.2. The molecule has 4 aromatic rings. The highest BCUT2D eigenvalue weighted by Gasteiger charge is 2.37. The Morgan fingerprint density at radius 1 is 0.895 bits per heavy atom. The molecule has 0 bridgehead atoms. The van der Waals surface area contributed by atoms with Gasteiger partial charge in [-0.2, -0.15) is 0 Å². The third kappa shape index (κ3) is 4.84. The van der Waals surface area contributed by atoms with E-state index in [-0.39, 0.29) is 18.0 Å². The summed E-state index contributed by atoms with van der Waals surface area (Å²) in [6, 6.07) is 19.5. The van der Waals surface area contributed by atoms with Gasteiger partial charge in [0.15, 0.2) is 0 Å². The number of carbonyl (C=O) groups is 4. The molecule has 0 spiro atoms. The number of hydrogen-bond donors (Lipinski definition) is 2. The van der Waals surface area contributed by atoms with Crippen LogP contribution in [0.4, 0.5) is 16.2 Å². The maximum Gasteiger partial charge on any atom is 0.335 e. The first-order valence-corrected chi connectivity index (χ1v) is 12.1. The van der Waals surface area contributed by atoms with Crippen molar-refractivity contribution in [2.45, 2.75) is 27.3 Å². The first-order valence-electron chi connectivity index (χ1n) is 12.1. The van der Waals surface area contributed by atoms with Gasteiger partial charge < -0.3 is 9.88 Å². The molecular formula is C30H26N4O4. The molecule has 1 aliphatic rings. The Labute approximate surface area is 219 Å². The highest BCUT2D eigenvalue weighted by molar-refractivity contribution is 6.39. The van der Waals surface area contributed by atoms with Crippen LogP contribution in [0.1, 0.15) is 22.3 Å². The van der Waals surface area contributed by atoms with Gasteiger partial charge in [-0.05, 0) is 68.3 Å². The number of nitrogens with zero attached hydrogens (tertiary/aromatic N) is 2. The third-order valence-corrected chi connectivity index (χ3v) is 6.33. The number of aromatic nitrogens is 1. The molecule has 5 rings (SSSR count). The van der Waals surface area contributed by atoms with E-state index in [9.17, 15) is 19.2 Å². The Balaban J connectivity index is 1.49. The Bertz CT molecular complexity index is 1630. The number of anilines is 2. The van der Waals surface area contributed by atoms with E-state index in [1.54, 1.807) is 22.9 Å². The third-order valence-electron chi connectivity index (χ3n) is 6.33. The van der Waals surface area contributed by atoms with Crippen LogP contribution in [0.3, 0.4) is 0 Å². The minimum Gasteiger partial charge on any atom is -0.337 e. The molecular weight excluding hydrogens is 480 g/mol. The average Bonchev–Trinajstić information content (AvgIpc) is 3.19. The zero-order valence-corrected chi connectivity index (χ0v) is 21.2. The summed E-state index contributed by atoms with van der Waals surface area (Å²) in [7, 11) is 0. The molecule has 3 aromatic carbocycles. The number of para-hydroxylation sites is 1. The monoisotopic (exact) mass is 506 g/mol. The van der Waals surface area contributed by atoms with Crippen LogP contribution in [0, 0.1) is 20.8 Å². The van der Waals surface area contributed by atoms with Crippen LogP contribution in [0.25, 0.3) is 17.0 Å². The van der Waals surface area contributed by atoms with E-state index >= 15 is 0 Å². The van der Waals surface area contributed by atoms with Crippen molar-refractivity contribution >= 4 is 52.1 Å². The Kier molecular flexibility index (Phi) is 6.38. The maximum absolute atomic E-state index is 13.4. The smallest absolute Gasteiger partial charge is 0.335 e. The lowest BCUT2D eigenvalue weighted by Gasteiger charge is -2.26. The van der Waals surface area contributed by atoms with E-state index in [0.29, 0.717) is 16.9 Å². The minimum atomic E-state index is -0.794. The number of rotatable bonds is 5. The van der Waals surface area contributed by atoms with Gasteiger partial charge in [0.05, 0.1) is 5.69 Å². The predicted molar refractivity (Wildman–Crippen MR) is 147 cm³/mol. The van der Waals surface area contributed by atoms with Crippen molar-refractivity contribution in [3.8, 4) is 0 Å². The van der Waals surface area contributed by atoms with E-state index in [0.717, 1.165) is 32.5 Å². The molecule has 0 saturated carbocycles. The molecule has 1 saturated heterocycles. The number of aryl methyl sites for hydroxylation is 3. The number of nitrogens with one attached hydrogen (secondary N) is 2. The van der Waals surface area contributed by atoms with Gasteiger partial charge in [0.1, 0.15) is 12.1 Å². The van der Waals surface area contributed by atoms with Gasteiger partial charge in [0.25, 0.3) is 11.8 Å².